The quantitative estimate of drug-likeness (QED) is 0.633. The van der Waals surface area contributed by atoms with E-state index in [0.717, 1.165) is 17.0 Å². The van der Waals surface area contributed by atoms with Gasteiger partial charge in [0.05, 0.1) is 12.2 Å². The third kappa shape index (κ3) is 2.25. The molecule has 2 aromatic rings. The van der Waals surface area contributed by atoms with Gasteiger partial charge in [0.1, 0.15) is 11.5 Å². The molecular formula is C13H17N5. The maximum absolute atomic E-state index is 7.39. The monoisotopic (exact) mass is 243 g/mol. The number of nitrogens with zero attached hydrogens (tertiary/aromatic N) is 3. The van der Waals surface area contributed by atoms with Crippen LogP contribution in [0.5, 0.6) is 0 Å². The zero-order valence-corrected chi connectivity index (χ0v) is 10.9. The maximum atomic E-state index is 7.39. The van der Waals surface area contributed by atoms with Crippen LogP contribution in [-0.2, 0) is 6.54 Å². The van der Waals surface area contributed by atoms with Crippen LogP contribution >= 0.6 is 0 Å². The predicted octanol–water partition coefficient (Wildman–Crippen LogP) is 1.54. The molecule has 0 bridgehead atoms. The van der Waals surface area contributed by atoms with Crippen LogP contribution in [0.4, 0.5) is 0 Å². The van der Waals surface area contributed by atoms with E-state index in [2.05, 4.69) is 23.9 Å². The van der Waals surface area contributed by atoms with Gasteiger partial charge in [-0.2, -0.15) is 5.10 Å². The largest absolute Gasteiger partial charge is 0.382 e. The summed E-state index contributed by atoms with van der Waals surface area (Å²) >= 11 is 0. The van der Waals surface area contributed by atoms with Crippen molar-refractivity contribution < 1.29 is 0 Å². The van der Waals surface area contributed by atoms with Crippen molar-refractivity contribution in [1.82, 2.24) is 14.8 Å². The molecule has 0 atom stereocenters. The number of pyridine rings is 1. The number of nitrogens with one attached hydrogen (secondary N) is 1. The van der Waals surface area contributed by atoms with Gasteiger partial charge in [-0.1, -0.05) is 0 Å². The highest BCUT2D eigenvalue weighted by Gasteiger charge is 2.08. The lowest BCUT2D eigenvalue weighted by atomic mass is 10.2. The van der Waals surface area contributed by atoms with Crippen molar-refractivity contribution in [2.45, 2.75) is 27.3 Å². The van der Waals surface area contributed by atoms with Gasteiger partial charge in [0.25, 0.3) is 0 Å². The van der Waals surface area contributed by atoms with Gasteiger partial charge >= 0.3 is 0 Å². The summed E-state index contributed by atoms with van der Waals surface area (Å²) in [6.45, 7) is 6.81. The Bertz CT molecular complexity index is 597. The summed E-state index contributed by atoms with van der Waals surface area (Å²) < 4.78 is 1.96. The third-order valence-corrected chi connectivity index (χ3v) is 3.18. The molecule has 0 aliphatic heterocycles. The molecule has 0 spiro atoms. The van der Waals surface area contributed by atoms with Gasteiger partial charge in [0, 0.05) is 11.9 Å². The van der Waals surface area contributed by atoms with Gasteiger partial charge in [-0.15, -0.1) is 0 Å². The lowest BCUT2D eigenvalue weighted by Gasteiger charge is -2.06. The first-order valence-electron chi connectivity index (χ1n) is 5.79. The molecule has 5 nitrogen and oxygen atoms in total. The lowest BCUT2D eigenvalue weighted by Crippen LogP contribution is -2.14. The van der Waals surface area contributed by atoms with Crippen molar-refractivity contribution in [3.8, 4) is 0 Å². The molecule has 5 heteroatoms. The molecule has 2 rings (SSSR count). The van der Waals surface area contributed by atoms with Crippen LogP contribution < -0.4 is 5.73 Å². The van der Waals surface area contributed by atoms with E-state index in [1.165, 1.54) is 5.56 Å². The summed E-state index contributed by atoms with van der Waals surface area (Å²) in [5, 5.41) is 11.9. The normalized spacial score (nSPS) is 10.6. The summed E-state index contributed by atoms with van der Waals surface area (Å²) in [4.78, 5) is 4.05. The summed E-state index contributed by atoms with van der Waals surface area (Å²) in [5.41, 5.74) is 10.4. The number of nitrogens with two attached hydrogens (primary N) is 1. The van der Waals surface area contributed by atoms with Crippen molar-refractivity contribution in [3.05, 3.63) is 46.5 Å². The van der Waals surface area contributed by atoms with Crippen LogP contribution in [0.1, 0.15) is 28.2 Å². The van der Waals surface area contributed by atoms with E-state index in [9.17, 15) is 0 Å². The van der Waals surface area contributed by atoms with Gasteiger partial charge in [-0.25, -0.2) is 0 Å². The van der Waals surface area contributed by atoms with Crippen LogP contribution in [-0.4, -0.2) is 20.6 Å². The average molecular weight is 243 g/mol. The van der Waals surface area contributed by atoms with Crippen molar-refractivity contribution in [2.24, 2.45) is 5.73 Å². The zero-order valence-electron chi connectivity index (χ0n) is 10.9. The van der Waals surface area contributed by atoms with Gasteiger partial charge in [0.2, 0.25) is 0 Å². The number of amidine groups is 1. The SMILES string of the molecule is Cc1nn(Cc2ccnc(C(=N)N)c2)c(C)c1C. The number of hydrogen-bond donors (Lipinski definition) is 2. The molecule has 0 saturated carbocycles. The van der Waals surface area contributed by atoms with E-state index >= 15 is 0 Å². The Morgan fingerprint density at radius 2 is 2.11 bits per heavy atom. The molecular weight excluding hydrogens is 226 g/mol. The molecule has 0 fully saturated rings. The Morgan fingerprint density at radius 1 is 1.39 bits per heavy atom. The molecule has 2 heterocycles. The van der Waals surface area contributed by atoms with Gasteiger partial charge in [-0.05, 0) is 44.0 Å². The highest BCUT2D eigenvalue weighted by atomic mass is 15.3. The number of nitrogen functional groups attached to an aromatic ring is 1. The second kappa shape index (κ2) is 4.60. The highest BCUT2D eigenvalue weighted by Crippen LogP contribution is 2.13. The fourth-order valence-electron chi connectivity index (χ4n) is 1.83. The van der Waals surface area contributed by atoms with Crippen molar-refractivity contribution in [2.75, 3.05) is 0 Å². The topological polar surface area (TPSA) is 80.6 Å². The van der Waals surface area contributed by atoms with E-state index in [1.54, 1.807) is 6.20 Å². The number of hydrogen-bond acceptors (Lipinski definition) is 3. The first kappa shape index (κ1) is 12.3. The van der Waals surface area contributed by atoms with E-state index in [1.807, 2.05) is 23.7 Å². The minimum atomic E-state index is -0.0126. The summed E-state index contributed by atoms with van der Waals surface area (Å²) in [7, 11) is 0. The smallest absolute Gasteiger partial charge is 0.141 e. The second-order valence-corrected chi connectivity index (χ2v) is 4.42. The van der Waals surface area contributed by atoms with Gasteiger partial charge < -0.3 is 5.73 Å². The van der Waals surface area contributed by atoms with E-state index in [4.69, 9.17) is 11.1 Å². The number of rotatable bonds is 3. The fraction of sp³-hybridized carbons (Fsp3) is 0.308. The Kier molecular flexibility index (Phi) is 3.14. The van der Waals surface area contributed by atoms with Gasteiger partial charge in [0.15, 0.2) is 0 Å². The average Bonchev–Trinajstić information content (AvgIpc) is 2.57. The third-order valence-electron chi connectivity index (χ3n) is 3.18. The van der Waals surface area contributed by atoms with E-state index in [0.29, 0.717) is 12.2 Å². The van der Waals surface area contributed by atoms with Crippen LogP contribution in [0.25, 0.3) is 0 Å². The maximum Gasteiger partial charge on any atom is 0.141 e. The second-order valence-electron chi connectivity index (χ2n) is 4.42. The molecule has 0 saturated heterocycles. The minimum Gasteiger partial charge on any atom is -0.382 e. The Labute approximate surface area is 106 Å². The molecule has 94 valence electrons. The number of aromatic nitrogens is 3. The van der Waals surface area contributed by atoms with Crippen LogP contribution in [0.2, 0.25) is 0 Å². The van der Waals surface area contributed by atoms with E-state index < -0.39 is 0 Å². The van der Waals surface area contributed by atoms with Crippen LogP contribution in [0, 0.1) is 26.2 Å². The standard InChI is InChI=1S/C13H17N5/c1-8-9(2)17-18(10(8)3)7-11-4-5-16-12(6-11)13(14)15/h4-6H,7H2,1-3H3,(H3,14,15). The lowest BCUT2D eigenvalue weighted by molar-refractivity contribution is 0.658. The molecule has 3 N–H and O–H groups in total. The molecule has 2 aromatic heterocycles. The minimum absolute atomic E-state index is 0.0126. The zero-order chi connectivity index (χ0) is 13.3. The van der Waals surface area contributed by atoms with Gasteiger partial charge in [-0.3, -0.25) is 15.1 Å². The van der Waals surface area contributed by atoms with Crippen LogP contribution in [0.15, 0.2) is 18.3 Å². The molecule has 18 heavy (non-hydrogen) atoms. The fourth-order valence-corrected chi connectivity index (χ4v) is 1.83. The molecule has 0 aromatic carbocycles. The predicted molar refractivity (Wildman–Crippen MR) is 70.8 cm³/mol. The number of aryl methyl sites for hydroxylation is 1. The first-order chi connectivity index (χ1) is 8.49. The van der Waals surface area contributed by atoms with Crippen molar-refractivity contribution in [3.63, 3.8) is 0 Å². The van der Waals surface area contributed by atoms with Crippen LogP contribution in [0.3, 0.4) is 0 Å². The Balaban J connectivity index is 2.31. The summed E-state index contributed by atoms with van der Waals surface area (Å²) in [6.07, 6.45) is 1.67. The Hall–Kier alpha value is -2.17. The summed E-state index contributed by atoms with van der Waals surface area (Å²) in [6, 6.07) is 3.74. The molecule has 0 unspecified atom stereocenters. The molecule has 0 amide bonds. The summed E-state index contributed by atoms with van der Waals surface area (Å²) in [5.74, 6) is -0.0126. The molecule has 0 radical (unpaired) electrons. The molecule has 0 aliphatic rings. The highest BCUT2D eigenvalue weighted by molar-refractivity contribution is 5.93. The van der Waals surface area contributed by atoms with Crippen molar-refractivity contribution >= 4 is 5.84 Å². The van der Waals surface area contributed by atoms with Crippen molar-refractivity contribution in [1.29, 1.82) is 5.41 Å². The first-order valence-corrected chi connectivity index (χ1v) is 5.79. The Morgan fingerprint density at radius 3 is 2.67 bits per heavy atom. The molecule has 0 aliphatic carbocycles. The van der Waals surface area contributed by atoms with E-state index in [-0.39, 0.29) is 5.84 Å².